The van der Waals surface area contributed by atoms with Crippen LogP contribution in [0.5, 0.6) is 0 Å². The number of rotatable bonds is 7. The number of aryl methyl sites for hydroxylation is 2. The van der Waals surface area contributed by atoms with Crippen LogP contribution in [0.1, 0.15) is 98.7 Å². The summed E-state index contributed by atoms with van der Waals surface area (Å²) in [5.41, 5.74) is 13.1. The maximum atomic E-state index is 13.9. The fourth-order valence-corrected chi connectivity index (χ4v) is 8.09. The van der Waals surface area contributed by atoms with Gasteiger partial charge in [0.2, 0.25) is 0 Å². The Morgan fingerprint density at radius 1 is 0.797 bits per heavy atom. The van der Waals surface area contributed by atoms with Crippen LogP contribution in [0.3, 0.4) is 0 Å². The minimum Gasteiger partial charge on any atom is -0.501 e. The van der Waals surface area contributed by atoms with E-state index < -0.39 is 11.8 Å². The van der Waals surface area contributed by atoms with Gasteiger partial charge in [-0.1, -0.05) is 126 Å². The Kier molecular flexibility index (Phi) is 12.9. The molecule has 64 heavy (non-hydrogen) atoms. The number of benzene rings is 5. The number of aromatic carboxylic acids is 1. The predicted octanol–water partition coefficient (Wildman–Crippen LogP) is 14.1. The average molecular weight is 1030 g/mol. The smallest absolute Gasteiger partial charge is 0.292 e. The summed E-state index contributed by atoms with van der Waals surface area (Å²) in [6, 6.07) is 37.4. The number of hydrogen-bond acceptors (Lipinski definition) is 5. The molecule has 0 spiro atoms. The van der Waals surface area contributed by atoms with Gasteiger partial charge in [-0.3, -0.25) is 19.2 Å². The Balaban J connectivity index is 0.000000246. The van der Waals surface area contributed by atoms with E-state index in [1.165, 1.54) is 29.3 Å². The monoisotopic (exact) mass is 1030 g/mol. The van der Waals surface area contributed by atoms with E-state index in [1.54, 1.807) is 24.4 Å². The molecule has 1 N–H and O–H groups in total. The van der Waals surface area contributed by atoms with Crippen molar-refractivity contribution in [2.75, 3.05) is 0 Å². The summed E-state index contributed by atoms with van der Waals surface area (Å²) in [6.07, 6.45) is 1.70. The van der Waals surface area contributed by atoms with Crippen LogP contribution in [0, 0.1) is 37.6 Å². The number of carbonyl (C=O) groups is 1. The fraction of sp³-hybridized carbons (Fsp3) is 0.222. The molecule has 10 heteroatoms. The first kappa shape index (κ1) is 45.7. The minimum atomic E-state index is -1.18. The number of halogens is 2. The third-order valence-corrected chi connectivity index (χ3v) is 11.4. The average Bonchev–Trinajstić information content (AvgIpc) is 3.82. The maximum absolute atomic E-state index is 13.9. The van der Waals surface area contributed by atoms with E-state index in [1.807, 2.05) is 31.2 Å². The Bertz CT molecular complexity index is 3150. The van der Waals surface area contributed by atoms with Gasteiger partial charge in [0.25, 0.3) is 5.97 Å². The van der Waals surface area contributed by atoms with E-state index in [2.05, 4.69) is 113 Å². The standard InChI is InChI=1S/C38H33FN3O.C16H15FNO2.Ir/c1-21(2)28-9-7-10-29(22(3)4)36(28)42-35-24(6)40-23(5)19-33(35)41-38(42)32-12-8-11-31-30-18-15-26(20-34(30)43-37(31)32)25-13-16-27(39)17-14-25;1-16(2,3)11-5-7-14(18-9-11)12-6-4-10(15(19)20)8-13(12)17;/h7-11,13-22H,1-6H3;4-5,7-9H,1-3H3,(H,19,20);/q2*-1;. The van der Waals surface area contributed by atoms with Crippen LogP contribution < -0.4 is 0 Å². The van der Waals surface area contributed by atoms with Gasteiger partial charge >= 0.3 is 0 Å². The number of pyridine rings is 2. The van der Waals surface area contributed by atoms with Gasteiger partial charge in [0.15, 0.2) is 0 Å². The van der Waals surface area contributed by atoms with Gasteiger partial charge in [-0.15, -0.1) is 30.3 Å². The molecule has 0 fully saturated rings. The van der Waals surface area contributed by atoms with Crippen LogP contribution >= 0.6 is 0 Å². The van der Waals surface area contributed by atoms with Gasteiger partial charge in [-0.25, -0.2) is 4.39 Å². The number of furan rings is 1. The molecule has 7 nitrogen and oxygen atoms in total. The third kappa shape index (κ3) is 8.77. The molecule has 9 aromatic rings. The van der Waals surface area contributed by atoms with E-state index >= 15 is 0 Å². The summed E-state index contributed by atoms with van der Waals surface area (Å²) in [7, 11) is 0. The zero-order chi connectivity index (χ0) is 44.9. The molecule has 327 valence electrons. The number of carboxylic acids is 1. The van der Waals surface area contributed by atoms with Crippen LogP contribution in [0.2, 0.25) is 0 Å². The Labute approximate surface area is 385 Å². The predicted molar refractivity (Wildman–Crippen MR) is 248 cm³/mol. The van der Waals surface area contributed by atoms with Crippen LogP contribution in [0.25, 0.3) is 72.4 Å². The normalized spacial score (nSPS) is 11.6. The minimum absolute atomic E-state index is 0. The van der Waals surface area contributed by atoms with Gasteiger partial charge in [-0.2, -0.15) is 0 Å². The third-order valence-electron chi connectivity index (χ3n) is 11.4. The molecule has 0 unspecified atom stereocenters. The molecule has 1 radical (unpaired) electrons. The second-order valence-electron chi connectivity index (χ2n) is 17.6. The van der Waals surface area contributed by atoms with E-state index in [0.717, 1.165) is 84.2 Å². The molecule has 0 saturated heterocycles. The van der Waals surface area contributed by atoms with E-state index in [4.69, 9.17) is 19.5 Å². The van der Waals surface area contributed by atoms with Crippen molar-refractivity contribution >= 4 is 38.9 Å². The summed E-state index contributed by atoms with van der Waals surface area (Å²) >= 11 is 0. The van der Waals surface area contributed by atoms with Crippen molar-refractivity contribution in [3.05, 3.63) is 167 Å². The van der Waals surface area contributed by atoms with Crippen LogP contribution in [-0.4, -0.2) is 30.6 Å². The van der Waals surface area contributed by atoms with Crippen LogP contribution in [0.15, 0.2) is 114 Å². The van der Waals surface area contributed by atoms with E-state index in [0.29, 0.717) is 17.5 Å². The van der Waals surface area contributed by atoms with Crippen molar-refractivity contribution in [1.29, 1.82) is 0 Å². The second kappa shape index (κ2) is 18.0. The number of nitrogens with zero attached hydrogens (tertiary/aromatic N) is 4. The van der Waals surface area contributed by atoms with Gasteiger partial charge in [-0.05, 0) is 94.4 Å². The quantitative estimate of drug-likeness (QED) is 0.160. The van der Waals surface area contributed by atoms with E-state index in [-0.39, 0.29) is 42.5 Å². The largest absolute Gasteiger partial charge is 0.501 e. The molecule has 9 rings (SSSR count). The molecule has 0 atom stereocenters. The summed E-state index contributed by atoms with van der Waals surface area (Å²) in [5.74, 6) is -0.688. The zero-order valence-corrected chi connectivity index (χ0v) is 39.6. The molecule has 0 aliphatic heterocycles. The number of aromatic nitrogens is 4. The van der Waals surface area contributed by atoms with Gasteiger partial charge in [0.1, 0.15) is 11.4 Å². The zero-order valence-electron chi connectivity index (χ0n) is 37.2. The van der Waals surface area contributed by atoms with Crippen molar-refractivity contribution in [3.63, 3.8) is 0 Å². The molecular weight excluding hydrogens is 983 g/mol. The Morgan fingerprint density at radius 2 is 1.48 bits per heavy atom. The topological polar surface area (TPSA) is 94.0 Å². The number of hydrogen-bond donors (Lipinski definition) is 1. The SMILES string of the molecule is CC(C)(C)c1ccc(-c2[c-]cc(C(=O)O)cc2F)nc1.Cc1cc2nc(-c3[c-]ccc4c3oc3cc(-c5ccc(F)cc5)ccc34)n(-c3c(C(C)C)cccc3C(C)C)c2c(C)n1.[Ir]. The molecule has 0 bridgehead atoms. The number of imidazole rings is 1. The Hall–Kier alpha value is -6.35. The number of fused-ring (bicyclic) bond motifs is 4. The van der Waals surface area contributed by atoms with Crippen molar-refractivity contribution in [2.45, 2.75) is 79.6 Å². The summed E-state index contributed by atoms with van der Waals surface area (Å²) in [4.78, 5) is 25.1. The van der Waals surface area contributed by atoms with Crippen molar-refractivity contribution in [3.8, 4) is 39.5 Å². The van der Waals surface area contributed by atoms with Crippen LogP contribution in [0.4, 0.5) is 8.78 Å². The molecule has 4 aromatic heterocycles. The fourth-order valence-electron chi connectivity index (χ4n) is 8.09. The first-order chi connectivity index (χ1) is 30.0. The van der Waals surface area contributed by atoms with Crippen LogP contribution in [-0.2, 0) is 25.5 Å². The first-order valence-electron chi connectivity index (χ1n) is 21.0. The van der Waals surface area contributed by atoms with Gasteiger partial charge in [0.05, 0.1) is 28.1 Å². The summed E-state index contributed by atoms with van der Waals surface area (Å²) in [5, 5.41) is 10.8. The molecular formula is C54H48F2IrN4O3-2. The summed E-state index contributed by atoms with van der Waals surface area (Å²) < 4.78 is 36.4. The number of carboxylic acid groups (broad SMARTS) is 1. The molecule has 0 aliphatic rings. The van der Waals surface area contributed by atoms with Crippen molar-refractivity contribution in [2.24, 2.45) is 0 Å². The maximum Gasteiger partial charge on any atom is 0.292 e. The Morgan fingerprint density at radius 3 is 2.09 bits per heavy atom. The molecule has 0 amide bonds. The molecule has 5 aromatic carbocycles. The molecule has 0 aliphatic carbocycles. The van der Waals surface area contributed by atoms with E-state index in [9.17, 15) is 13.6 Å². The summed E-state index contributed by atoms with van der Waals surface area (Å²) in [6.45, 7) is 19.2. The number of para-hydroxylation sites is 1. The van der Waals surface area contributed by atoms with Gasteiger partial charge < -0.3 is 19.1 Å². The first-order valence-corrected chi connectivity index (χ1v) is 21.0. The van der Waals surface area contributed by atoms with Crippen molar-refractivity contribution in [1.82, 2.24) is 19.5 Å². The molecule has 0 saturated carbocycles. The molecule has 4 heterocycles. The van der Waals surface area contributed by atoms with Crippen molar-refractivity contribution < 1.29 is 43.2 Å². The van der Waals surface area contributed by atoms with Gasteiger partial charge in [0, 0.05) is 48.9 Å². The second-order valence-corrected chi connectivity index (χ2v) is 17.6.